The zero-order valence-corrected chi connectivity index (χ0v) is 19.1. The van der Waals surface area contributed by atoms with Crippen molar-refractivity contribution < 1.29 is 19.1 Å². The number of esters is 1. The number of nitrogens with zero attached hydrogens (tertiary/aromatic N) is 1. The van der Waals surface area contributed by atoms with Crippen LogP contribution in [0.1, 0.15) is 11.5 Å². The highest BCUT2D eigenvalue weighted by atomic mass is 35.5. The molecule has 32 heavy (non-hydrogen) atoms. The largest absolute Gasteiger partial charge is 0.468 e. The first-order valence-electron chi connectivity index (χ1n) is 9.31. The number of nitriles is 1. The Hall–Kier alpha value is -2.99. The average Bonchev–Trinajstić information content (AvgIpc) is 2.79. The van der Waals surface area contributed by atoms with Crippen LogP contribution in [0.15, 0.2) is 59.1 Å². The van der Waals surface area contributed by atoms with E-state index < -0.39 is 29.6 Å². The Morgan fingerprint density at radius 2 is 1.94 bits per heavy atom. The number of thioether (sulfide) groups is 1. The molecule has 2 amide bonds. The third-order valence-electron chi connectivity index (χ3n) is 4.70. The lowest BCUT2D eigenvalue weighted by Crippen LogP contribution is -2.44. The van der Waals surface area contributed by atoms with Gasteiger partial charge in [0.15, 0.2) is 0 Å². The summed E-state index contributed by atoms with van der Waals surface area (Å²) in [5.41, 5.74) is 1.18. The number of hydrogen-bond donors (Lipinski definition) is 2. The second kappa shape index (κ2) is 10.6. The van der Waals surface area contributed by atoms with Crippen molar-refractivity contribution in [1.29, 1.82) is 5.26 Å². The third kappa shape index (κ3) is 5.25. The maximum atomic E-state index is 12.8. The number of carbonyl (C=O) groups excluding carboxylic acids is 3. The number of allylic oxidation sites excluding steroid dienone is 1. The smallest absolute Gasteiger partial charge is 0.319 e. The van der Waals surface area contributed by atoms with Crippen LogP contribution >= 0.6 is 35.0 Å². The van der Waals surface area contributed by atoms with Crippen LogP contribution in [0.5, 0.6) is 0 Å². The van der Waals surface area contributed by atoms with Gasteiger partial charge in [0.25, 0.3) is 0 Å². The predicted molar refractivity (Wildman–Crippen MR) is 123 cm³/mol. The van der Waals surface area contributed by atoms with Crippen molar-refractivity contribution in [3.05, 3.63) is 74.7 Å². The first kappa shape index (κ1) is 23.7. The molecule has 0 aliphatic carbocycles. The summed E-state index contributed by atoms with van der Waals surface area (Å²) in [6.45, 7) is 0. The molecule has 2 aromatic carbocycles. The third-order valence-corrected chi connectivity index (χ3v) is 6.26. The van der Waals surface area contributed by atoms with Gasteiger partial charge in [-0.25, -0.2) is 0 Å². The van der Waals surface area contributed by atoms with Crippen molar-refractivity contribution >= 4 is 58.4 Å². The van der Waals surface area contributed by atoms with Crippen LogP contribution in [0.2, 0.25) is 10.0 Å². The van der Waals surface area contributed by atoms with E-state index in [1.807, 2.05) is 0 Å². The lowest BCUT2D eigenvalue weighted by Gasteiger charge is -2.30. The summed E-state index contributed by atoms with van der Waals surface area (Å²) in [6, 6.07) is 15.5. The molecule has 0 saturated carbocycles. The number of ether oxygens (including phenoxy) is 1. The zero-order valence-electron chi connectivity index (χ0n) is 16.7. The van der Waals surface area contributed by atoms with Crippen molar-refractivity contribution in [2.75, 3.05) is 18.2 Å². The molecule has 1 aliphatic rings. The maximum absolute atomic E-state index is 12.8. The van der Waals surface area contributed by atoms with Gasteiger partial charge >= 0.3 is 5.97 Å². The topological polar surface area (TPSA) is 108 Å². The van der Waals surface area contributed by atoms with Gasteiger partial charge in [-0.15, -0.1) is 0 Å². The highest BCUT2D eigenvalue weighted by Crippen LogP contribution is 2.40. The van der Waals surface area contributed by atoms with E-state index in [1.165, 1.54) is 13.2 Å². The fourth-order valence-electron chi connectivity index (χ4n) is 3.25. The zero-order chi connectivity index (χ0) is 23.3. The fourth-order valence-corrected chi connectivity index (χ4v) is 4.56. The fraction of sp³-hybridized carbons (Fsp3) is 0.182. The monoisotopic (exact) mass is 489 g/mol. The van der Waals surface area contributed by atoms with Crippen molar-refractivity contribution in [3.63, 3.8) is 0 Å². The first-order valence-corrected chi connectivity index (χ1v) is 11.1. The van der Waals surface area contributed by atoms with Crippen LogP contribution in [0.4, 0.5) is 5.69 Å². The first-order chi connectivity index (χ1) is 15.3. The van der Waals surface area contributed by atoms with E-state index in [9.17, 15) is 19.6 Å². The summed E-state index contributed by atoms with van der Waals surface area (Å²) < 4.78 is 4.80. The van der Waals surface area contributed by atoms with E-state index in [4.69, 9.17) is 27.9 Å². The van der Waals surface area contributed by atoms with Gasteiger partial charge in [0.2, 0.25) is 11.8 Å². The maximum Gasteiger partial charge on any atom is 0.319 e. The number of methoxy groups -OCH3 is 1. The summed E-state index contributed by atoms with van der Waals surface area (Å²) in [4.78, 5) is 37.5. The molecule has 1 aliphatic heterocycles. The SMILES string of the molecule is COC(=O)[C@H]1C(=O)NC(SCC(=O)Nc2ccc(Cl)cc2Cl)=C(C#N)[C@@H]1c1ccccc1. The van der Waals surface area contributed by atoms with Gasteiger partial charge in [0, 0.05) is 10.9 Å². The summed E-state index contributed by atoms with van der Waals surface area (Å²) in [6.07, 6.45) is 0. The lowest BCUT2D eigenvalue weighted by atomic mass is 9.78. The highest BCUT2D eigenvalue weighted by Gasteiger charge is 2.44. The number of amides is 2. The molecule has 2 aromatic rings. The van der Waals surface area contributed by atoms with E-state index in [1.54, 1.807) is 42.5 Å². The molecule has 3 rings (SSSR count). The van der Waals surface area contributed by atoms with Gasteiger partial charge < -0.3 is 15.4 Å². The van der Waals surface area contributed by atoms with E-state index in [0.717, 1.165) is 11.8 Å². The van der Waals surface area contributed by atoms with Crippen molar-refractivity contribution in [1.82, 2.24) is 5.32 Å². The van der Waals surface area contributed by atoms with Crippen molar-refractivity contribution in [2.24, 2.45) is 5.92 Å². The Kier molecular flexibility index (Phi) is 7.80. The minimum absolute atomic E-state index is 0.107. The second-order valence-corrected chi connectivity index (χ2v) is 8.52. The quantitative estimate of drug-likeness (QED) is 0.466. The molecule has 0 saturated heterocycles. The Balaban J connectivity index is 1.86. The van der Waals surface area contributed by atoms with Gasteiger partial charge in [0.05, 0.1) is 40.2 Å². The molecule has 10 heteroatoms. The average molecular weight is 490 g/mol. The number of nitrogens with one attached hydrogen (secondary N) is 2. The molecule has 0 aromatic heterocycles. The second-order valence-electron chi connectivity index (χ2n) is 6.69. The molecule has 0 unspecified atom stereocenters. The molecule has 0 bridgehead atoms. The number of rotatable bonds is 6. The molecular formula is C22H17Cl2N3O4S. The van der Waals surface area contributed by atoms with E-state index in [2.05, 4.69) is 16.7 Å². The molecule has 1 heterocycles. The number of hydrogen-bond acceptors (Lipinski definition) is 6. The van der Waals surface area contributed by atoms with Gasteiger partial charge in [-0.2, -0.15) is 5.26 Å². The standard InChI is InChI=1S/C22H17Cl2N3O4S/c1-31-22(30)19-18(12-5-3-2-4-6-12)14(10-25)21(27-20(19)29)32-11-17(28)26-16-8-7-13(23)9-15(16)24/h2-9,18-19H,11H2,1H3,(H,26,28)(H,27,29)/t18-,19+/m0/s1. The van der Waals surface area contributed by atoms with Crippen LogP contribution in [-0.4, -0.2) is 30.6 Å². The molecule has 2 N–H and O–H groups in total. The minimum Gasteiger partial charge on any atom is -0.468 e. The number of benzene rings is 2. The highest BCUT2D eigenvalue weighted by molar-refractivity contribution is 8.03. The molecule has 0 radical (unpaired) electrons. The van der Waals surface area contributed by atoms with Crippen molar-refractivity contribution in [3.8, 4) is 6.07 Å². The molecule has 7 nitrogen and oxygen atoms in total. The summed E-state index contributed by atoms with van der Waals surface area (Å²) in [7, 11) is 1.18. The summed E-state index contributed by atoms with van der Waals surface area (Å²) in [5, 5.41) is 16.0. The number of carbonyl (C=O) groups is 3. The van der Waals surface area contributed by atoms with Crippen LogP contribution in [0.3, 0.4) is 0 Å². The number of anilines is 1. The Bertz CT molecular complexity index is 1130. The Morgan fingerprint density at radius 1 is 1.22 bits per heavy atom. The van der Waals surface area contributed by atoms with E-state index in [-0.39, 0.29) is 21.4 Å². The summed E-state index contributed by atoms with van der Waals surface area (Å²) >= 11 is 12.9. The van der Waals surface area contributed by atoms with Crippen LogP contribution in [0, 0.1) is 17.2 Å². The molecule has 2 atom stereocenters. The molecule has 164 valence electrons. The molecule has 0 spiro atoms. The van der Waals surface area contributed by atoms with E-state index >= 15 is 0 Å². The van der Waals surface area contributed by atoms with Gasteiger partial charge in [0.1, 0.15) is 5.92 Å². The Morgan fingerprint density at radius 3 is 2.56 bits per heavy atom. The van der Waals surface area contributed by atoms with Gasteiger partial charge in [-0.1, -0.05) is 65.3 Å². The molecular weight excluding hydrogens is 473 g/mol. The molecule has 0 fully saturated rings. The van der Waals surface area contributed by atoms with Gasteiger partial charge in [-0.05, 0) is 23.8 Å². The van der Waals surface area contributed by atoms with Crippen LogP contribution in [0.25, 0.3) is 0 Å². The lowest BCUT2D eigenvalue weighted by molar-refractivity contribution is -0.150. The summed E-state index contributed by atoms with van der Waals surface area (Å²) in [5.74, 6) is -3.91. The minimum atomic E-state index is -1.22. The normalized spacial score (nSPS) is 17.9. The Labute approximate surface area is 198 Å². The number of halogens is 2. The van der Waals surface area contributed by atoms with Crippen LogP contribution < -0.4 is 10.6 Å². The van der Waals surface area contributed by atoms with Gasteiger partial charge in [-0.3, -0.25) is 14.4 Å². The predicted octanol–water partition coefficient (Wildman–Crippen LogP) is 4.10. The van der Waals surface area contributed by atoms with Crippen molar-refractivity contribution in [2.45, 2.75) is 5.92 Å². The van der Waals surface area contributed by atoms with E-state index in [0.29, 0.717) is 16.3 Å². The van der Waals surface area contributed by atoms with Crippen LogP contribution in [-0.2, 0) is 19.1 Å².